The van der Waals surface area contributed by atoms with Crippen molar-refractivity contribution in [1.29, 1.82) is 0 Å². The van der Waals surface area contributed by atoms with Crippen LogP contribution >= 0.6 is 0 Å². The van der Waals surface area contributed by atoms with Crippen LogP contribution in [0.3, 0.4) is 0 Å². The summed E-state index contributed by atoms with van der Waals surface area (Å²) in [7, 11) is 0. The van der Waals surface area contributed by atoms with Gasteiger partial charge in [0.2, 0.25) is 11.8 Å². The quantitative estimate of drug-likeness (QED) is 0.845. The molecule has 2 amide bonds. The van der Waals surface area contributed by atoms with E-state index in [0.717, 1.165) is 19.3 Å². The van der Waals surface area contributed by atoms with Gasteiger partial charge < -0.3 is 9.80 Å². The standard InChI is InChI=1S/C17H22N2O2/c20-16(9-6-14-4-2-1-3-5-14)18-10-12-19(13-11-18)17(21)15-7-8-15/h1-5,15H,6-13H2. The number of carbonyl (C=O) groups excluding carboxylic acids is 2. The van der Waals surface area contributed by atoms with Crippen molar-refractivity contribution in [2.45, 2.75) is 25.7 Å². The second-order valence-electron chi connectivity index (χ2n) is 5.97. The number of aryl methyl sites for hydroxylation is 1. The average Bonchev–Trinajstić information content (AvgIpc) is 3.38. The minimum absolute atomic E-state index is 0.206. The molecule has 1 aromatic rings. The van der Waals surface area contributed by atoms with E-state index >= 15 is 0 Å². The van der Waals surface area contributed by atoms with Crippen LogP contribution in [0, 0.1) is 5.92 Å². The van der Waals surface area contributed by atoms with E-state index in [-0.39, 0.29) is 11.8 Å². The Morgan fingerprint density at radius 2 is 1.57 bits per heavy atom. The molecule has 1 saturated heterocycles. The highest BCUT2D eigenvalue weighted by Crippen LogP contribution is 2.31. The maximum absolute atomic E-state index is 12.2. The van der Waals surface area contributed by atoms with E-state index in [4.69, 9.17) is 0 Å². The van der Waals surface area contributed by atoms with E-state index in [1.165, 1.54) is 5.56 Å². The number of nitrogens with zero attached hydrogens (tertiary/aromatic N) is 2. The molecule has 112 valence electrons. The van der Waals surface area contributed by atoms with Crippen LogP contribution in [0.4, 0.5) is 0 Å². The molecule has 2 aliphatic rings. The molecule has 0 N–H and O–H groups in total. The number of benzene rings is 1. The first-order valence-corrected chi connectivity index (χ1v) is 7.84. The van der Waals surface area contributed by atoms with Gasteiger partial charge in [0.25, 0.3) is 0 Å². The molecule has 2 fully saturated rings. The van der Waals surface area contributed by atoms with Gasteiger partial charge in [-0.15, -0.1) is 0 Å². The molecule has 1 saturated carbocycles. The van der Waals surface area contributed by atoms with E-state index in [1.807, 2.05) is 28.0 Å². The van der Waals surface area contributed by atoms with Crippen LogP contribution in [-0.4, -0.2) is 47.8 Å². The van der Waals surface area contributed by atoms with Crippen molar-refractivity contribution in [3.05, 3.63) is 35.9 Å². The zero-order valence-electron chi connectivity index (χ0n) is 12.3. The van der Waals surface area contributed by atoms with E-state index in [0.29, 0.717) is 38.5 Å². The Hall–Kier alpha value is -1.84. The van der Waals surface area contributed by atoms with Crippen molar-refractivity contribution in [2.75, 3.05) is 26.2 Å². The molecule has 0 spiro atoms. The summed E-state index contributed by atoms with van der Waals surface area (Å²) in [5.74, 6) is 0.786. The first-order valence-electron chi connectivity index (χ1n) is 7.84. The van der Waals surface area contributed by atoms with Gasteiger partial charge in [-0.1, -0.05) is 30.3 Å². The fourth-order valence-electron chi connectivity index (χ4n) is 2.82. The molecule has 4 heteroatoms. The normalized spacial score (nSPS) is 18.7. The molecule has 21 heavy (non-hydrogen) atoms. The van der Waals surface area contributed by atoms with Gasteiger partial charge in [-0.2, -0.15) is 0 Å². The third kappa shape index (κ3) is 3.63. The summed E-state index contributed by atoms with van der Waals surface area (Å²) >= 11 is 0. The van der Waals surface area contributed by atoms with Crippen LogP contribution in [0.5, 0.6) is 0 Å². The van der Waals surface area contributed by atoms with Crippen LogP contribution in [0.15, 0.2) is 30.3 Å². The topological polar surface area (TPSA) is 40.6 Å². The monoisotopic (exact) mass is 286 g/mol. The smallest absolute Gasteiger partial charge is 0.225 e. The molecule has 0 aromatic heterocycles. The Bertz CT molecular complexity index is 503. The van der Waals surface area contributed by atoms with Gasteiger partial charge in [0, 0.05) is 38.5 Å². The van der Waals surface area contributed by atoms with E-state index < -0.39 is 0 Å². The predicted octanol–water partition coefficient (Wildman–Crippen LogP) is 1.70. The molecule has 0 bridgehead atoms. The van der Waals surface area contributed by atoms with Crippen molar-refractivity contribution in [3.63, 3.8) is 0 Å². The summed E-state index contributed by atoms with van der Waals surface area (Å²) in [5, 5.41) is 0. The second-order valence-corrected chi connectivity index (χ2v) is 5.97. The van der Waals surface area contributed by atoms with Crippen LogP contribution in [0.25, 0.3) is 0 Å². The Morgan fingerprint density at radius 3 is 2.19 bits per heavy atom. The fraction of sp³-hybridized carbons (Fsp3) is 0.529. The van der Waals surface area contributed by atoms with Crippen molar-refractivity contribution in [1.82, 2.24) is 9.80 Å². The SMILES string of the molecule is O=C(CCc1ccccc1)N1CCN(C(=O)C2CC2)CC1. The molecule has 1 aliphatic heterocycles. The number of hydrogen-bond donors (Lipinski definition) is 0. The van der Waals surface area contributed by atoms with Gasteiger partial charge in [-0.05, 0) is 24.8 Å². The maximum atomic E-state index is 12.2. The first kappa shape index (κ1) is 14.1. The van der Waals surface area contributed by atoms with Crippen molar-refractivity contribution >= 4 is 11.8 Å². The molecule has 4 nitrogen and oxygen atoms in total. The van der Waals surface area contributed by atoms with Crippen LogP contribution in [0.2, 0.25) is 0 Å². The summed E-state index contributed by atoms with van der Waals surface area (Å²) in [6.45, 7) is 2.77. The lowest BCUT2D eigenvalue weighted by Gasteiger charge is -2.35. The molecular formula is C17H22N2O2. The Labute approximate surface area is 125 Å². The zero-order valence-corrected chi connectivity index (χ0v) is 12.3. The number of carbonyl (C=O) groups is 2. The first-order chi connectivity index (χ1) is 10.2. The summed E-state index contributed by atoms with van der Waals surface area (Å²) in [6.07, 6.45) is 3.45. The van der Waals surface area contributed by atoms with E-state index in [2.05, 4.69) is 12.1 Å². The average molecular weight is 286 g/mol. The van der Waals surface area contributed by atoms with Crippen LogP contribution < -0.4 is 0 Å². The minimum atomic E-state index is 0.206. The Kier molecular flexibility index (Phi) is 4.23. The van der Waals surface area contributed by atoms with Gasteiger partial charge in [-0.25, -0.2) is 0 Å². The second kappa shape index (κ2) is 6.29. The number of hydrogen-bond acceptors (Lipinski definition) is 2. The van der Waals surface area contributed by atoms with Crippen LogP contribution in [-0.2, 0) is 16.0 Å². The zero-order chi connectivity index (χ0) is 14.7. The maximum Gasteiger partial charge on any atom is 0.225 e. The highest BCUT2D eigenvalue weighted by atomic mass is 16.2. The van der Waals surface area contributed by atoms with Gasteiger partial charge in [0.15, 0.2) is 0 Å². The highest BCUT2D eigenvalue weighted by molar-refractivity contribution is 5.81. The Balaban J connectivity index is 1.43. The van der Waals surface area contributed by atoms with Gasteiger partial charge in [0.1, 0.15) is 0 Å². The summed E-state index contributed by atoms with van der Waals surface area (Å²) in [5.41, 5.74) is 1.20. The molecule has 1 aliphatic carbocycles. The lowest BCUT2D eigenvalue weighted by Crippen LogP contribution is -2.51. The lowest BCUT2D eigenvalue weighted by atomic mass is 10.1. The molecule has 3 rings (SSSR count). The number of amides is 2. The minimum Gasteiger partial charge on any atom is -0.339 e. The third-order valence-corrected chi connectivity index (χ3v) is 4.34. The summed E-state index contributed by atoms with van der Waals surface area (Å²) < 4.78 is 0. The van der Waals surface area contributed by atoms with Crippen LogP contribution in [0.1, 0.15) is 24.8 Å². The summed E-state index contributed by atoms with van der Waals surface area (Å²) in [6, 6.07) is 10.1. The van der Waals surface area contributed by atoms with Gasteiger partial charge in [-0.3, -0.25) is 9.59 Å². The molecule has 0 unspecified atom stereocenters. The molecular weight excluding hydrogens is 264 g/mol. The van der Waals surface area contributed by atoms with Crippen molar-refractivity contribution in [2.24, 2.45) is 5.92 Å². The number of rotatable bonds is 4. The fourth-order valence-corrected chi connectivity index (χ4v) is 2.82. The van der Waals surface area contributed by atoms with Crippen molar-refractivity contribution in [3.8, 4) is 0 Å². The highest BCUT2D eigenvalue weighted by Gasteiger charge is 2.35. The number of piperazine rings is 1. The molecule has 0 atom stereocenters. The molecule has 0 radical (unpaired) electrons. The molecule has 1 heterocycles. The van der Waals surface area contributed by atoms with E-state index in [1.54, 1.807) is 0 Å². The lowest BCUT2D eigenvalue weighted by molar-refractivity contribution is -0.140. The third-order valence-electron chi connectivity index (χ3n) is 4.34. The largest absolute Gasteiger partial charge is 0.339 e. The molecule has 1 aromatic carbocycles. The van der Waals surface area contributed by atoms with Gasteiger partial charge in [0.05, 0.1) is 0 Å². The van der Waals surface area contributed by atoms with E-state index in [9.17, 15) is 9.59 Å². The van der Waals surface area contributed by atoms with Crippen molar-refractivity contribution < 1.29 is 9.59 Å². The predicted molar refractivity (Wildman–Crippen MR) is 80.6 cm³/mol. The van der Waals surface area contributed by atoms with Gasteiger partial charge >= 0.3 is 0 Å². The summed E-state index contributed by atoms with van der Waals surface area (Å²) in [4.78, 5) is 28.0. The Morgan fingerprint density at radius 1 is 0.952 bits per heavy atom.